The Morgan fingerprint density at radius 2 is 1.92 bits per heavy atom. The van der Waals surface area contributed by atoms with Crippen LogP contribution in [0, 0.1) is 5.92 Å². The van der Waals surface area contributed by atoms with Crippen LogP contribution in [0.15, 0.2) is 0 Å². The number of rotatable bonds is 11. The second kappa shape index (κ2) is 10.1. The highest BCUT2D eigenvalue weighted by Crippen LogP contribution is 2.29. The first-order chi connectivity index (χ1) is 12.0. The molecule has 0 radical (unpaired) electrons. The predicted octanol–water partition coefficient (Wildman–Crippen LogP) is 2.44. The van der Waals surface area contributed by atoms with E-state index in [4.69, 9.17) is 17.3 Å². The molecule has 142 valence electrons. The van der Waals surface area contributed by atoms with Gasteiger partial charge >= 0.3 is 5.97 Å². The van der Waals surface area contributed by atoms with Gasteiger partial charge in [0.2, 0.25) is 5.91 Å². The molecule has 25 heavy (non-hydrogen) atoms. The summed E-state index contributed by atoms with van der Waals surface area (Å²) in [7, 11) is 0. The monoisotopic (exact) mass is 370 g/mol. The molecule has 0 aromatic rings. The first-order valence-corrected chi connectivity index (χ1v) is 9.91. The Kier molecular flexibility index (Phi) is 8.09. The third kappa shape index (κ3) is 6.22. The van der Waals surface area contributed by atoms with Crippen molar-refractivity contribution in [2.75, 3.05) is 6.54 Å². The lowest BCUT2D eigenvalue weighted by Gasteiger charge is -2.26. The first kappa shape index (κ1) is 20.1. The van der Waals surface area contributed by atoms with E-state index in [1.807, 2.05) is 4.90 Å². The van der Waals surface area contributed by atoms with Gasteiger partial charge in [0.05, 0.1) is 6.10 Å². The summed E-state index contributed by atoms with van der Waals surface area (Å²) in [6.07, 6.45) is 9.22. The fraction of sp³-hybridized carbons (Fsp3) is 0.833. The molecule has 2 aliphatic rings. The smallest absolute Gasteiger partial charge is 0.303 e. The van der Waals surface area contributed by atoms with Crippen LogP contribution in [0.4, 0.5) is 0 Å². The maximum absolute atomic E-state index is 12.1. The van der Waals surface area contributed by atoms with Crippen molar-refractivity contribution in [3.63, 3.8) is 0 Å². The third-order valence-electron chi connectivity index (χ3n) is 5.40. The highest BCUT2D eigenvalue weighted by Gasteiger charge is 2.35. The number of nitrogens with one attached hydrogen (secondary N) is 1. The van der Waals surface area contributed by atoms with Gasteiger partial charge < -0.3 is 20.4 Å². The van der Waals surface area contributed by atoms with E-state index in [1.165, 1.54) is 12.8 Å². The van der Waals surface area contributed by atoms with Gasteiger partial charge in [0.1, 0.15) is 6.04 Å². The molecule has 0 aromatic carbocycles. The highest BCUT2D eigenvalue weighted by atomic mass is 32.1. The Morgan fingerprint density at radius 1 is 1.24 bits per heavy atom. The number of carbonyl (C=O) groups is 2. The minimum atomic E-state index is -0.757. The van der Waals surface area contributed by atoms with Gasteiger partial charge in [0, 0.05) is 13.0 Å². The number of carboxylic acid groups (broad SMARTS) is 1. The summed E-state index contributed by atoms with van der Waals surface area (Å²) in [4.78, 5) is 24.5. The molecule has 2 fully saturated rings. The molecule has 0 spiro atoms. The molecule has 7 heteroatoms. The normalized spacial score (nSPS) is 22.4. The van der Waals surface area contributed by atoms with Gasteiger partial charge in [-0.25, -0.2) is 0 Å². The maximum atomic E-state index is 12.1. The Balaban J connectivity index is 1.72. The summed E-state index contributed by atoms with van der Waals surface area (Å²) in [5, 5.41) is 22.2. The molecule has 6 nitrogen and oxygen atoms in total. The molecule has 1 heterocycles. The Bertz CT molecular complexity index is 480. The van der Waals surface area contributed by atoms with Crippen LogP contribution in [-0.2, 0) is 9.59 Å². The van der Waals surface area contributed by atoms with Crippen LogP contribution in [0.5, 0.6) is 0 Å². The van der Waals surface area contributed by atoms with Gasteiger partial charge in [0.25, 0.3) is 0 Å². The number of carboxylic acids is 1. The lowest BCUT2D eigenvalue weighted by Crippen LogP contribution is -2.37. The van der Waals surface area contributed by atoms with Gasteiger partial charge in [0.15, 0.2) is 5.11 Å². The molecular formula is C18H30N2O4S. The summed E-state index contributed by atoms with van der Waals surface area (Å²) in [5.74, 6) is -0.411. The van der Waals surface area contributed by atoms with Crippen molar-refractivity contribution < 1.29 is 19.8 Å². The topological polar surface area (TPSA) is 89.9 Å². The van der Waals surface area contributed by atoms with E-state index in [0.29, 0.717) is 30.4 Å². The number of nitrogens with zero attached hydrogens (tertiary/aromatic N) is 1. The number of amides is 1. The summed E-state index contributed by atoms with van der Waals surface area (Å²) in [5.41, 5.74) is 0. The van der Waals surface area contributed by atoms with Crippen LogP contribution < -0.4 is 5.32 Å². The van der Waals surface area contributed by atoms with E-state index in [2.05, 4.69) is 5.32 Å². The summed E-state index contributed by atoms with van der Waals surface area (Å²) in [6, 6.07) is -0.247. The van der Waals surface area contributed by atoms with Crippen molar-refractivity contribution in [1.29, 1.82) is 0 Å². The number of aliphatic hydroxyl groups excluding tert-OH is 1. The van der Waals surface area contributed by atoms with Crippen molar-refractivity contribution >= 4 is 29.2 Å². The number of unbranched alkanes of at least 4 members (excludes halogenated alkanes) is 3. The van der Waals surface area contributed by atoms with Crippen molar-refractivity contribution in [3.05, 3.63) is 0 Å². The molecule has 2 unspecified atom stereocenters. The third-order valence-corrected chi connectivity index (χ3v) is 5.73. The van der Waals surface area contributed by atoms with E-state index in [1.54, 1.807) is 0 Å². The van der Waals surface area contributed by atoms with Crippen LogP contribution in [0.1, 0.15) is 70.6 Å². The zero-order valence-corrected chi connectivity index (χ0v) is 15.6. The minimum Gasteiger partial charge on any atom is -0.481 e. The number of thiocarbonyl (C=S) groups is 1. The fourth-order valence-corrected chi connectivity index (χ4v) is 4.22. The molecule has 2 rings (SSSR count). The van der Waals surface area contributed by atoms with Crippen LogP contribution in [0.2, 0.25) is 0 Å². The molecule has 2 atom stereocenters. The van der Waals surface area contributed by atoms with E-state index < -0.39 is 5.97 Å². The Labute approximate surface area is 155 Å². The van der Waals surface area contributed by atoms with Crippen LogP contribution >= 0.6 is 12.2 Å². The molecule has 0 bridgehead atoms. The quantitative estimate of drug-likeness (QED) is 0.382. The summed E-state index contributed by atoms with van der Waals surface area (Å²) >= 11 is 5.28. The van der Waals surface area contributed by atoms with E-state index >= 15 is 0 Å². The largest absolute Gasteiger partial charge is 0.481 e. The summed E-state index contributed by atoms with van der Waals surface area (Å²) in [6.45, 7) is 0.610. The molecular weight excluding hydrogens is 340 g/mol. The minimum absolute atomic E-state index is 0.0501. The zero-order chi connectivity index (χ0) is 18.2. The molecule has 1 aliphatic heterocycles. The van der Waals surface area contributed by atoms with Crippen molar-refractivity contribution in [1.82, 2.24) is 10.2 Å². The SMILES string of the molecule is O=C(O)CCCCCCC1C(=O)NC(=S)N1CCC(O)C1CCCC1. The van der Waals surface area contributed by atoms with Gasteiger partial charge in [-0.2, -0.15) is 0 Å². The summed E-state index contributed by atoms with van der Waals surface area (Å²) < 4.78 is 0. The first-order valence-electron chi connectivity index (χ1n) is 9.50. The lowest BCUT2D eigenvalue weighted by atomic mass is 9.98. The fourth-order valence-electron chi connectivity index (χ4n) is 3.90. The number of hydrogen-bond donors (Lipinski definition) is 3. The second-order valence-electron chi connectivity index (χ2n) is 7.25. The van der Waals surface area contributed by atoms with Gasteiger partial charge in [-0.3, -0.25) is 9.59 Å². The van der Waals surface area contributed by atoms with E-state index in [0.717, 1.165) is 38.5 Å². The maximum Gasteiger partial charge on any atom is 0.303 e. The van der Waals surface area contributed by atoms with Gasteiger partial charge in [-0.15, -0.1) is 0 Å². The van der Waals surface area contributed by atoms with Crippen molar-refractivity contribution in [3.8, 4) is 0 Å². The molecule has 3 N–H and O–H groups in total. The average Bonchev–Trinajstić information content (AvgIpc) is 3.17. The van der Waals surface area contributed by atoms with Crippen molar-refractivity contribution in [2.45, 2.75) is 82.8 Å². The Hall–Kier alpha value is -1.21. The highest BCUT2D eigenvalue weighted by molar-refractivity contribution is 7.80. The molecule has 1 amide bonds. The molecule has 0 aromatic heterocycles. The number of aliphatic hydroxyl groups is 1. The number of carbonyl (C=O) groups excluding carboxylic acids is 1. The lowest BCUT2D eigenvalue weighted by molar-refractivity contribution is -0.137. The number of hydrogen-bond acceptors (Lipinski definition) is 4. The predicted molar refractivity (Wildman–Crippen MR) is 99.2 cm³/mol. The average molecular weight is 371 g/mol. The van der Waals surface area contributed by atoms with Crippen LogP contribution in [-0.4, -0.2) is 50.8 Å². The van der Waals surface area contributed by atoms with E-state index in [-0.39, 0.29) is 24.5 Å². The van der Waals surface area contributed by atoms with E-state index in [9.17, 15) is 14.7 Å². The molecule has 1 saturated carbocycles. The number of aliphatic carboxylic acids is 1. The van der Waals surface area contributed by atoms with Crippen LogP contribution in [0.3, 0.4) is 0 Å². The molecule has 1 saturated heterocycles. The second-order valence-corrected chi connectivity index (χ2v) is 7.64. The zero-order valence-electron chi connectivity index (χ0n) is 14.8. The standard InChI is InChI=1S/C18H30N2O4S/c21-15(13-7-5-6-8-13)11-12-20-14(17(24)19-18(20)25)9-3-1-2-4-10-16(22)23/h13-15,21H,1-12H2,(H,22,23)(H,19,24,25). The van der Waals surface area contributed by atoms with Gasteiger partial charge in [-0.1, -0.05) is 32.1 Å². The molecule has 1 aliphatic carbocycles. The van der Waals surface area contributed by atoms with Gasteiger partial charge in [-0.05, 0) is 50.2 Å². The van der Waals surface area contributed by atoms with Crippen LogP contribution in [0.25, 0.3) is 0 Å². The Morgan fingerprint density at radius 3 is 2.60 bits per heavy atom. The van der Waals surface area contributed by atoms with Crippen molar-refractivity contribution in [2.24, 2.45) is 5.92 Å².